The zero-order valence-corrected chi connectivity index (χ0v) is 9.98. The molecule has 1 aliphatic rings. The van der Waals surface area contributed by atoms with E-state index in [0.717, 1.165) is 24.9 Å². The number of aryl methyl sites for hydroxylation is 1. The fourth-order valence-corrected chi connectivity index (χ4v) is 2.21. The van der Waals surface area contributed by atoms with E-state index in [4.69, 9.17) is 9.94 Å². The number of ether oxygens (including phenoxy) is 1. The molecule has 2 rings (SSSR count). The molecule has 0 aromatic heterocycles. The first-order valence-electron chi connectivity index (χ1n) is 5.83. The molecule has 96 valence electrons. The van der Waals surface area contributed by atoms with E-state index in [9.17, 15) is 4.79 Å². The minimum absolute atomic E-state index is 0.263. The fraction of sp³-hybridized carbons (Fsp3) is 0.308. The molecule has 5 heteroatoms. The second kappa shape index (κ2) is 5.66. The molecule has 0 saturated heterocycles. The molecule has 3 N–H and O–H groups in total. The van der Waals surface area contributed by atoms with Crippen molar-refractivity contribution in [1.29, 1.82) is 0 Å². The summed E-state index contributed by atoms with van der Waals surface area (Å²) in [5.74, 6) is 0.424. The van der Waals surface area contributed by atoms with E-state index in [1.165, 1.54) is 11.0 Å². The van der Waals surface area contributed by atoms with Gasteiger partial charge >= 0.3 is 6.09 Å². The quantitative estimate of drug-likeness (QED) is 0.432. The maximum Gasteiger partial charge on any atom is 0.436 e. The summed E-state index contributed by atoms with van der Waals surface area (Å²) in [6, 6.07) is 5.77. The number of hydrogen-bond acceptors (Lipinski definition) is 4. The Labute approximate surface area is 105 Å². The molecule has 0 fully saturated rings. The molecular formula is C13H16N2O3. The van der Waals surface area contributed by atoms with E-state index in [1.807, 2.05) is 18.2 Å². The monoisotopic (exact) mass is 248 g/mol. The van der Waals surface area contributed by atoms with Crippen LogP contribution in [0.2, 0.25) is 0 Å². The minimum Gasteiger partial charge on any atom is -0.409 e. The van der Waals surface area contributed by atoms with Gasteiger partial charge in [-0.25, -0.2) is 10.3 Å². The van der Waals surface area contributed by atoms with Crippen molar-refractivity contribution < 1.29 is 14.7 Å². The van der Waals surface area contributed by atoms with Gasteiger partial charge in [0.2, 0.25) is 0 Å². The average Bonchev–Trinajstić information content (AvgIpc) is 2.78. The fourth-order valence-electron chi connectivity index (χ4n) is 2.21. The standard InChI is InChI=1S/C13H16N2O3/c1-2-7-14-12-6-4-9-3-5-10(8-11(9)12)18-13(16)15-17/h2-3,5,8,12,14,17H,1,4,6-7H2,(H,15,16)/t12-/m1/s1. The van der Waals surface area contributed by atoms with Crippen LogP contribution in [0.3, 0.4) is 0 Å². The zero-order valence-electron chi connectivity index (χ0n) is 9.98. The maximum atomic E-state index is 10.9. The second-order valence-corrected chi connectivity index (χ2v) is 4.15. The van der Waals surface area contributed by atoms with E-state index < -0.39 is 6.09 Å². The molecule has 0 saturated carbocycles. The highest BCUT2D eigenvalue weighted by Gasteiger charge is 2.22. The van der Waals surface area contributed by atoms with Gasteiger partial charge in [0.05, 0.1) is 0 Å². The van der Waals surface area contributed by atoms with Crippen LogP contribution < -0.4 is 15.5 Å². The Morgan fingerprint density at radius 3 is 3.17 bits per heavy atom. The molecule has 0 spiro atoms. The van der Waals surface area contributed by atoms with Crippen molar-refractivity contribution in [2.45, 2.75) is 18.9 Å². The van der Waals surface area contributed by atoms with Gasteiger partial charge in [0.25, 0.3) is 0 Å². The molecule has 1 atom stereocenters. The third-order valence-electron chi connectivity index (χ3n) is 3.01. The van der Waals surface area contributed by atoms with Crippen molar-refractivity contribution in [2.24, 2.45) is 0 Å². The summed E-state index contributed by atoms with van der Waals surface area (Å²) in [5, 5.41) is 11.8. The van der Waals surface area contributed by atoms with Gasteiger partial charge in [-0.1, -0.05) is 12.1 Å². The first kappa shape index (κ1) is 12.6. The topological polar surface area (TPSA) is 70.6 Å². The van der Waals surface area contributed by atoms with Gasteiger partial charge in [-0.05, 0) is 36.1 Å². The van der Waals surface area contributed by atoms with Crippen LogP contribution in [0, 0.1) is 0 Å². The number of hydroxylamine groups is 1. The van der Waals surface area contributed by atoms with E-state index in [1.54, 1.807) is 6.07 Å². The average molecular weight is 248 g/mol. The third-order valence-corrected chi connectivity index (χ3v) is 3.01. The van der Waals surface area contributed by atoms with Crippen LogP contribution in [0.25, 0.3) is 0 Å². The van der Waals surface area contributed by atoms with E-state index in [0.29, 0.717) is 5.75 Å². The van der Waals surface area contributed by atoms with Gasteiger partial charge in [0, 0.05) is 12.6 Å². The van der Waals surface area contributed by atoms with E-state index >= 15 is 0 Å². The first-order chi connectivity index (χ1) is 8.74. The predicted octanol–water partition coefficient (Wildman–Crippen LogP) is 1.93. The smallest absolute Gasteiger partial charge is 0.409 e. The lowest BCUT2D eigenvalue weighted by Crippen LogP contribution is -2.23. The summed E-state index contributed by atoms with van der Waals surface area (Å²) in [7, 11) is 0. The number of hydrogen-bond donors (Lipinski definition) is 3. The largest absolute Gasteiger partial charge is 0.436 e. The van der Waals surface area contributed by atoms with Crippen molar-refractivity contribution >= 4 is 6.09 Å². The van der Waals surface area contributed by atoms with Gasteiger partial charge in [-0.2, -0.15) is 0 Å². The Bertz CT molecular complexity index is 460. The Hall–Kier alpha value is -1.85. The van der Waals surface area contributed by atoms with Crippen molar-refractivity contribution in [3.8, 4) is 5.75 Å². The van der Waals surface area contributed by atoms with Crippen LogP contribution in [-0.4, -0.2) is 17.8 Å². The number of carbonyl (C=O) groups is 1. The van der Waals surface area contributed by atoms with Crippen molar-refractivity contribution in [3.63, 3.8) is 0 Å². The van der Waals surface area contributed by atoms with Gasteiger partial charge in [-0.3, -0.25) is 5.21 Å². The Kier molecular flexibility index (Phi) is 3.96. The summed E-state index contributed by atoms with van der Waals surface area (Å²) < 4.78 is 4.89. The van der Waals surface area contributed by atoms with E-state index in [-0.39, 0.29) is 6.04 Å². The molecular weight excluding hydrogens is 232 g/mol. The molecule has 1 aromatic carbocycles. The van der Waals surface area contributed by atoms with E-state index in [2.05, 4.69) is 11.9 Å². The number of benzene rings is 1. The van der Waals surface area contributed by atoms with Gasteiger partial charge < -0.3 is 10.1 Å². The number of amides is 1. The molecule has 0 unspecified atom stereocenters. The summed E-state index contributed by atoms with van der Waals surface area (Å²) in [6.07, 6.45) is 2.97. The van der Waals surface area contributed by atoms with Crippen LogP contribution in [0.4, 0.5) is 4.79 Å². The lowest BCUT2D eigenvalue weighted by molar-refractivity contribution is 0.127. The number of carbonyl (C=O) groups excluding carboxylic acids is 1. The summed E-state index contributed by atoms with van der Waals surface area (Å²) in [5.41, 5.74) is 3.83. The molecule has 1 aliphatic carbocycles. The summed E-state index contributed by atoms with van der Waals surface area (Å²) in [6.45, 7) is 4.42. The highest BCUT2D eigenvalue weighted by molar-refractivity contribution is 5.69. The molecule has 0 bridgehead atoms. The predicted molar refractivity (Wildman–Crippen MR) is 66.6 cm³/mol. The molecule has 18 heavy (non-hydrogen) atoms. The SMILES string of the molecule is C=CCN[C@@H]1CCc2ccc(OC(=O)NO)cc21. The third kappa shape index (κ3) is 2.69. The summed E-state index contributed by atoms with van der Waals surface area (Å²) in [4.78, 5) is 10.9. The molecule has 0 aliphatic heterocycles. The minimum atomic E-state index is -0.886. The van der Waals surface area contributed by atoms with Crippen molar-refractivity contribution in [2.75, 3.05) is 6.54 Å². The van der Waals surface area contributed by atoms with Crippen LogP contribution in [0.5, 0.6) is 5.75 Å². The Morgan fingerprint density at radius 1 is 1.61 bits per heavy atom. The molecule has 1 amide bonds. The molecule has 0 heterocycles. The van der Waals surface area contributed by atoms with Crippen LogP contribution in [0.1, 0.15) is 23.6 Å². The van der Waals surface area contributed by atoms with Crippen LogP contribution >= 0.6 is 0 Å². The normalized spacial score (nSPS) is 17.1. The first-order valence-corrected chi connectivity index (χ1v) is 5.83. The lowest BCUT2D eigenvalue weighted by Gasteiger charge is -2.13. The second-order valence-electron chi connectivity index (χ2n) is 4.15. The maximum absolute atomic E-state index is 10.9. The van der Waals surface area contributed by atoms with Crippen LogP contribution in [0.15, 0.2) is 30.9 Å². The van der Waals surface area contributed by atoms with Crippen molar-refractivity contribution in [3.05, 3.63) is 42.0 Å². The zero-order chi connectivity index (χ0) is 13.0. The molecule has 0 radical (unpaired) electrons. The molecule has 5 nitrogen and oxygen atoms in total. The number of nitrogens with one attached hydrogen (secondary N) is 2. The highest BCUT2D eigenvalue weighted by Crippen LogP contribution is 2.33. The Morgan fingerprint density at radius 2 is 2.44 bits per heavy atom. The van der Waals surface area contributed by atoms with Crippen LogP contribution in [-0.2, 0) is 6.42 Å². The van der Waals surface area contributed by atoms with Crippen molar-refractivity contribution in [1.82, 2.24) is 10.8 Å². The van der Waals surface area contributed by atoms with Gasteiger partial charge in [-0.15, -0.1) is 6.58 Å². The molecule has 1 aromatic rings. The Balaban J connectivity index is 2.14. The number of fused-ring (bicyclic) bond motifs is 1. The summed E-state index contributed by atoms with van der Waals surface area (Å²) >= 11 is 0. The van der Waals surface area contributed by atoms with Gasteiger partial charge in [0.15, 0.2) is 0 Å². The lowest BCUT2D eigenvalue weighted by atomic mass is 10.1. The highest BCUT2D eigenvalue weighted by atomic mass is 16.6. The van der Waals surface area contributed by atoms with Gasteiger partial charge in [0.1, 0.15) is 5.75 Å². The number of rotatable bonds is 4.